The van der Waals surface area contributed by atoms with Gasteiger partial charge in [0.1, 0.15) is 18.5 Å². The van der Waals surface area contributed by atoms with Gasteiger partial charge in [-0.05, 0) is 299 Å². The van der Waals surface area contributed by atoms with Gasteiger partial charge in [-0.1, -0.05) is 318 Å². The average molecular weight is 1770 g/mol. The minimum atomic E-state index is -0.695. The number of carbonyl (C=O) groups is 5. The fourth-order valence-corrected chi connectivity index (χ4v) is 22.0. The Balaban J connectivity index is 0.000000202. The predicted octanol–water partition coefficient (Wildman–Crippen LogP) is 32.1. The molecular formula is C118H160N2O10. The van der Waals surface area contributed by atoms with Crippen LogP contribution in [0, 0.1) is 88.3 Å². The maximum atomic E-state index is 13.2. The van der Waals surface area contributed by atoms with E-state index in [1.807, 2.05) is 105 Å². The lowest BCUT2D eigenvalue weighted by molar-refractivity contribution is -0.151. The molecule has 130 heavy (non-hydrogen) atoms. The maximum absolute atomic E-state index is 13.2. The van der Waals surface area contributed by atoms with E-state index in [2.05, 4.69) is 136 Å². The van der Waals surface area contributed by atoms with E-state index in [0.29, 0.717) is 62.7 Å². The Morgan fingerprint density at radius 2 is 1.03 bits per heavy atom. The molecule has 6 aliphatic carbocycles. The van der Waals surface area contributed by atoms with Crippen LogP contribution < -0.4 is 4.74 Å². The maximum Gasteiger partial charge on any atom is 0.343 e. The summed E-state index contributed by atoms with van der Waals surface area (Å²) in [6.45, 7) is 31.1. The predicted molar refractivity (Wildman–Crippen MR) is 531 cm³/mol. The summed E-state index contributed by atoms with van der Waals surface area (Å²) < 4.78 is 28.5. The molecule has 0 aliphatic heterocycles. The minimum Gasteiger partial charge on any atom is -0.462 e. The van der Waals surface area contributed by atoms with Crippen molar-refractivity contribution in [2.45, 2.75) is 364 Å². The lowest BCUT2D eigenvalue weighted by Gasteiger charge is -2.58. The number of esters is 5. The first-order valence-electron chi connectivity index (χ1n) is 51.0. The number of carbonyl (C=O) groups excluding carboxylic acids is 5. The van der Waals surface area contributed by atoms with Crippen molar-refractivity contribution in [1.82, 2.24) is 0 Å². The summed E-state index contributed by atoms with van der Waals surface area (Å²) in [5, 5.41) is 15.3. The number of hydrogen-bond donors (Lipinski definition) is 0. The number of aryl methyl sites for hydroxylation is 1. The van der Waals surface area contributed by atoms with E-state index in [9.17, 15) is 24.0 Å². The van der Waals surface area contributed by atoms with Gasteiger partial charge in [0.15, 0.2) is 6.10 Å². The van der Waals surface area contributed by atoms with E-state index < -0.39 is 24.0 Å². The molecule has 0 radical (unpaired) electrons. The fourth-order valence-electron chi connectivity index (χ4n) is 22.0. The number of rotatable bonds is 39. The molecule has 5 saturated carbocycles. The minimum absolute atomic E-state index is 0.0449. The summed E-state index contributed by atoms with van der Waals surface area (Å²) in [5.41, 5.74) is 13.5. The first kappa shape index (κ1) is 104. The van der Waals surface area contributed by atoms with Crippen molar-refractivity contribution in [1.29, 1.82) is 10.5 Å². The second kappa shape index (κ2) is 55.2. The van der Waals surface area contributed by atoms with E-state index in [-0.39, 0.29) is 30.8 Å². The van der Waals surface area contributed by atoms with Crippen molar-refractivity contribution < 1.29 is 47.7 Å². The summed E-state index contributed by atoms with van der Waals surface area (Å²) in [4.78, 5) is 63.1. The summed E-state index contributed by atoms with van der Waals surface area (Å²) in [6.07, 6.45) is 50.6. The molecule has 0 aromatic heterocycles. The first-order valence-corrected chi connectivity index (χ1v) is 51.0. The van der Waals surface area contributed by atoms with Crippen LogP contribution in [0.1, 0.15) is 413 Å². The summed E-state index contributed by atoms with van der Waals surface area (Å²) >= 11 is 0. The topological polar surface area (TPSA) is 179 Å². The van der Waals surface area contributed by atoms with Crippen LogP contribution in [0.3, 0.4) is 0 Å². The van der Waals surface area contributed by atoms with E-state index in [1.54, 1.807) is 42.0 Å². The molecule has 7 aromatic carbocycles. The van der Waals surface area contributed by atoms with Crippen LogP contribution in [0.2, 0.25) is 0 Å². The molecule has 702 valence electrons. The van der Waals surface area contributed by atoms with Gasteiger partial charge in [0.25, 0.3) is 0 Å². The van der Waals surface area contributed by atoms with Crippen LogP contribution in [0.4, 0.5) is 0 Å². The van der Waals surface area contributed by atoms with Crippen LogP contribution in [0.5, 0.6) is 5.75 Å². The number of nitriles is 2. The first-order chi connectivity index (χ1) is 63.0. The van der Waals surface area contributed by atoms with Crippen LogP contribution in [-0.4, -0.2) is 48.7 Å². The van der Waals surface area contributed by atoms with E-state index in [1.165, 1.54) is 228 Å². The van der Waals surface area contributed by atoms with Crippen molar-refractivity contribution in [3.63, 3.8) is 0 Å². The Morgan fingerprint density at radius 3 is 1.62 bits per heavy atom. The van der Waals surface area contributed by atoms with E-state index in [4.69, 9.17) is 34.2 Å². The zero-order valence-electron chi connectivity index (χ0n) is 81.7. The van der Waals surface area contributed by atoms with Gasteiger partial charge in [0, 0.05) is 19.4 Å². The summed E-state index contributed by atoms with van der Waals surface area (Å²) in [7, 11) is 0. The Bertz CT molecular complexity index is 4570. The highest BCUT2D eigenvalue weighted by Gasteiger charge is 2.59. The number of allylic oxidation sites excluding steroid dienone is 1. The van der Waals surface area contributed by atoms with Gasteiger partial charge < -0.3 is 23.7 Å². The molecule has 12 heteroatoms. The molecule has 0 bridgehead atoms. The Morgan fingerprint density at radius 1 is 0.508 bits per heavy atom. The lowest BCUT2D eigenvalue weighted by Crippen LogP contribution is -2.51. The van der Waals surface area contributed by atoms with Gasteiger partial charge in [-0.3, -0.25) is 4.79 Å². The highest BCUT2D eigenvalue weighted by Crippen LogP contribution is 2.67. The monoisotopic (exact) mass is 1770 g/mol. The molecule has 0 saturated heterocycles. The second-order valence-electron chi connectivity index (χ2n) is 40.0. The highest BCUT2D eigenvalue weighted by atomic mass is 16.6. The largest absolute Gasteiger partial charge is 0.462 e. The van der Waals surface area contributed by atoms with Crippen molar-refractivity contribution >= 4 is 29.8 Å². The molecule has 0 heterocycles. The normalized spacial score (nSPS) is 22.7. The van der Waals surface area contributed by atoms with Gasteiger partial charge in [0.2, 0.25) is 0 Å². The number of ether oxygens (including phenoxy) is 5. The fraction of sp³-hybridized carbons (Fsp3) is 0.568. The quantitative estimate of drug-likeness (QED) is 0.0117. The van der Waals surface area contributed by atoms with Crippen LogP contribution in [0.25, 0.3) is 11.1 Å². The molecule has 0 spiro atoms. The molecule has 6 aliphatic rings. The number of fused-ring (bicyclic) bond motifs is 5. The third-order valence-electron chi connectivity index (χ3n) is 30.4. The molecule has 12 nitrogen and oxygen atoms in total. The zero-order chi connectivity index (χ0) is 93.2. The van der Waals surface area contributed by atoms with Crippen LogP contribution >= 0.6 is 0 Å². The van der Waals surface area contributed by atoms with Crippen molar-refractivity contribution in [3.8, 4) is 29.5 Å². The molecule has 0 amide bonds. The molecule has 0 N–H and O–H groups in total. The van der Waals surface area contributed by atoms with Gasteiger partial charge in [-0.25, -0.2) is 24.4 Å². The van der Waals surface area contributed by atoms with Crippen molar-refractivity contribution in [2.75, 3.05) is 6.61 Å². The van der Waals surface area contributed by atoms with Gasteiger partial charge >= 0.3 is 29.8 Å². The second-order valence-corrected chi connectivity index (χ2v) is 40.0. The SMILES string of the molecule is C#N.CCC(C)Cc1ccc(-c2ccc(C#N)cc2)cc1.CCCCCC1CCC(c2ccc(C(=O)OCC(OC(=O)c3ccc(C4CCC(C)CC4)cc3)c3ccccc3)cc2)CC1.CCCCCCC(C)OC(=O)c1ccc(OC(=O)c2ccc(C)cc2)cc1.CCCCCCCCC(=O)OC1CCC2(C)C(=CCC3C2CCC2(C)C(C(C)CCCCCC)CCC32)C1. The number of unbranched alkanes of at least 4 members (excludes halogenated alkanes) is 13. The molecular weight excluding hydrogens is 1610 g/mol. The Hall–Kier alpha value is -9.39. The molecule has 11 unspecified atom stereocenters. The molecule has 11 atom stereocenters. The van der Waals surface area contributed by atoms with Crippen LogP contribution in [0.15, 0.2) is 188 Å². The molecule has 13 rings (SSSR count). The lowest BCUT2D eigenvalue weighted by atomic mass is 9.47. The smallest absolute Gasteiger partial charge is 0.343 e. The Kier molecular flexibility index (Phi) is 44.3. The number of hydrogen-bond acceptors (Lipinski definition) is 12. The number of benzene rings is 7. The van der Waals surface area contributed by atoms with Crippen molar-refractivity contribution in [2.24, 2.45) is 58.2 Å². The Labute approximate surface area is 784 Å². The summed E-state index contributed by atoms with van der Waals surface area (Å²) in [6, 6.07) is 57.5. The molecule has 7 aromatic rings. The number of nitrogens with zero attached hydrogens (tertiary/aromatic N) is 2. The third kappa shape index (κ3) is 31.9. The average Bonchev–Trinajstić information content (AvgIpc) is 1.68. The molecule has 5 fully saturated rings. The van der Waals surface area contributed by atoms with Gasteiger partial charge in [-0.2, -0.15) is 5.26 Å². The van der Waals surface area contributed by atoms with Crippen LogP contribution in [-0.2, 0) is 30.2 Å². The van der Waals surface area contributed by atoms with Gasteiger partial charge in [0.05, 0.1) is 40.0 Å². The highest BCUT2D eigenvalue weighted by molar-refractivity contribution is 5.92. The van der Waals surface area contributed by atoms with E-state index in [0.717, 1.165) is 103 Å². The van der Waals surface area contributed by atoms with Gasteiger partial charge in [-0.15, -0.1) is 0 Å². The summed E-state index contributed by atoms with van der Waals surface area (Å²) in [5.74, 6) is 6.90. The third-order valence-corrected chi connectivity index (χ3v) is 30.4. The standard InChI is InChI=1S/C40H50O4.C36H62O2.C23H28O4.C18H19N.CHN/c1-3-4-6-9-30-14-18-32(19-15-30)34-20-24-36(25-21-34)39(41)43-28-38(35-10-7-5-8-11-35)44-40(42)37-26-22-33(23-27-37)31-16-12-29(2)13-17-31;1-6-8-10-12-13-15-17-34(37)38-29-22-24-35(4)28(26-29)18-19-30-32-21-20-31(27(3)16-14-11-9-7-2)36(32,5)25-23-33(30)35;1-4-5-6-7-8-18(3)26-22(24)20-13-15-21(16-14-20)27-23(25)19-11-9-17(2)10-12-19;1-3-14(2)12-15-4-8-17(9-5-15)18-10-6-16(13-19)7-11-18;1-2/h5,7-8,10-11,20-27,29-32,38H,3-4,6,9,12-19,28H2,1-2H3;18,27,29-33H,6-17,19-26H2,1-5H3;9-16,18H,4-8H2,1-3H3;4-11,14H,3,12H2,1-2H3;1H. The van der Waals surface area contributed by atoms with Crippen molar-refractivity contribution in [3.05, 3.63) is 243 Å². The van der Waals surface area contributed by atoms with E-state index >= 15 is 0 Å². The zero-order valence-corrected chi connectivity index (χ0v) is 81.7.